The minimum absolute atomic E-state index is 0.0477. The number of benzene rings is 2. The van der Waals surface area contributed by atoms with Gasteiger partial charge in [-0.2, -0.15) is 0 Å². The van der Waals surface area contributed by atoms with Crippen molar-refractivity contribution in [3.05, 3.63) is 106 Å². The van der Waals surface area contributed by atoms with E-state index in [9.17, 15) is 18.8 Å². The second-order valence-corrected chi connectivity index (χ2v) is 8.91. The van der Waals surface area contributed by atoms with Crippen LogP contribution in [0.5, 0.6) is 0 Å². The van der Waals surface area contributed by atoms with E-state index < -0.39 is 17.4 Å². The predicted octanol–water partition coefficient (Wildman–Crippen LogP) is 3.41. The van der Waals surface area contributed by atoms with Crippen molar-refractivity contribution in [1.29, 1.82) is 0 Å². The maximum Gasteiger partial charge on any atom is 0.275 e. The van der Waals surface area contributed by atoms with E-state index in [1.54, 1.807) is 56.6 Å². The highest BCUT2D eigenvalue weighted by atomic mass is 19.1. The minimum Gasteiger partial charge on any atom is -0.320 e. The molecule has 0 aliphatic heterocycles. The topological polar surface area (TPSA) is 132 Å². The van der Waals surface area contributed by atoms with Crippen LogP contribution < -0.4 is 16.2 Å². The summed E-state index contributed by atoms with van der Waals surface area (Å²) in [4.78, 5) is 43.3. The summed E-state index contributed by atoms with van der Waals surface area (Å²) in [6.45, 7) is 1.73. The van der Waals surface area contributed by atoms with E-state index in [4.69, 9.17) is 4.63 Å². The fourth-order valence-electron chi connectivity index (χ4n) is 4.04. The Balaban J connectivity index is 1.56. The van der Waals surface area contributed by atoms with Crippen molar-refractivity contribution in [2.24, 2.45) is 0 Å². The quantitative estimate of drug-likeness (QED) is 0.294. The van der Waals surface area contributed by atoms with Gasteiger partial charge in [-0.3, -0.25) is 19.4 Å². The first kappa shape index (κ1) is 25.6. The number of halogens is 1. The van der Waals surface area contributed by atoms with Gasteiger partial charge < -0.3 is 15.2 Å². The Labute approximate surface area is 221 Å². The van der Waals surface area contributed by atoms with Crippen molar-refractivity contribution in [3.8, 4) is 11.3 Å². The van der Waals surface area contributed by atoms with E-state index in [2.05, 4.69) is 25.9 Å². The van der Waals surface area contributed by atoms with E-state index >= 15 is 0 Å². The minimum atomic E-state index is -0.516. The van der Waals surface area contributed by atoms with Gasteiger partial charge in [-0.25, -0.2) is 9.02 Å². The standard InChI is InChI=1S/C28H23FN6O4/c1-16(30-2)27(37)32-23-9-10-25(19-5-8-22-24(12-19)34-39-33-22)35(28(23)38)15-17-11-20(14-31-13-17)26(36)18-3-6-21(29)7-4-18/h3-14,16,30H,15H2,1-2H3,(H,32,37)/t16-/m1/s1. The van der Waals surface area contributed by atoms with Crippen LogP contribution in [0.25, 0.3) is 22.3 Å². The molecule has 3 aromatic heterocycles. The number of hydrogen-bond donors (Lipinski definition) is 2. The average Bonchev–Trinajstić information content (AvgIpc) is 3.43. The van der Waals surface area contributed by atoms with Crippen LogP contribution in [-0.4, -0.2) is 44.6 Å². The number of nitrogens with one attached hydrogen (secondary N) is 2. The summed E-state index contributed by atoms with van der Waals surface area (Å²) in [5.74, 6) is -1.14. The normalized spacial score (nSPS) is 11.9. The van der Waals surface area contributed by atoms with Gasteiger partial charge in [0.15, 0.2) is 5.78 Å². The molecule has 10 nitrogen and oxygen atoms in total. The monoisotopic (exact) mass is 526 g/mol. The van der Waals surface area contributed by atoms with Crippen molar-refractivity contribution >= 4 is 28.4 Å². The Morgan fingerprint density at radius 1 is 0.974 bits per heavy atom. The van der Waals surface area contributed by atoms with Crippen molar-refractivity contribution < 1.29 is 18.6 Å². The Hall–Kier alpha value is -5.03. The van der Waals surface area contributed by atoms with Crippen LogP contribution >= 0.6 is 0 Å². The van der Waals surface area contributed by atoms with E-state index in [0.717, 1.165) is 0 Å². The molecule has 2 N–H and O–H groups in total. The number of likely N-dealkylation sites (N-methyl/N-ethyl adjacent to an activating group) is 1. The lowest BCUT2D eigenvalue weighted by Crippen LogP contribution is -2.37. The average molecular weight is 527 g/mol. The zero-order chi connectivity index (χ0) is 27.5. The van der Waals surface area contributed by atoms with E-state index in [1.165, 1.54) is 35.0 Å². The Morgan fingerprint density at radius 3 is 2.51 bits per heavy atom. The number of fused-ring (bicyclic) bond motifs is 1. The summed E-state index contributed by atoms with van der Waals surface area (Å²) < 4.78 is 19.6. The first-order chi connectivity index (χ1) is 18.8. The maximum atomic E-state index is 13.7. The van der Waals surface area contributed by atoms with Gasteiger partial charge in [0, 0.05) is 29.1 Å². The zero-order valence-corrected chi connectivity index (χ0v) is 21.0. The smallest absolute Gasteiger partial charge is 0.275 e. The number of ketones is 1. The third kappa shape index (κ3) is 5.34. The predicted molar refractivity (Wildman–Crippen MR) is 142 cm³/mol. The number of amides is 1. The molecule has 0 saturated carbocycles. The molecule has 11 heteroatoms. The number of nitrogens with zero attached hydrogens (tertiary/aromatic N) is 4. The molecule has 196 valence electrons. The molecule has 0 unspecified atom stereocenters. The van der Waals surface area contributed by atoms with E-state index in [-0.39, 0.29) is 29.5 Å². The molecule has 0 bridgehead atoms. The highest BCUT2D eigenvalue weighted by Gasteiger charge is 2.18. The van der Waals surface area contributed by atoms with Crippen LogP contribution in [0.2, 0.25) is 0 Å². The molecule has 3 heterocycles. The molecule has 39 heavy (non-hydrogen) atoms. The van der Waals surface area contributed by atoms with Gasteiger partial charge in [0.25, 0.3) is 5.56 Å². The summed E-state index contributed by atoms with van der Waals surface area (Å²) in [5.41, 5.74) is 3.11. The third-order valence-electron chi connectivity index (χ3n) is 6.31. The van der Waals surface area contributed by atoms with Crippen LogP contribution in [0.4, 0.5) is 10.1 Å². The number of pyridine rings is 2. The van der Waals surface area contributed by atoms with Gasteiger partial charge in [0.05, 0.1) is 18.3 Å². The second-order valence-electron chi connectivity index (χ2n) is 8.91. The second kappa shape index (κ2) is 10.8. The molecule has 0 radical (unpaired) electrons. The van der Waals surface area contributed by atoms with Crippen LogP contribution in [0, 0.1) is 5.82 Å². The SMILES string of the molecule is CN[C@H](C)C(=O)Nc1ccc(-c2ccc3nonc3c2)n(Cc2cncc(C(=O)c3ccc(F)cc3)c2)c1=O. The molecular formula is C28H23FN6O4. The molecule has 2 aromatic carbocycles. The lowest BCUT2D eigenvalue weighted by molar-refractivity contribution is -0.117. The van der Waals surface area contributed by atoms with Gasteiger partial charge in [0.2, 0.25) is 5.91 Å². The molecule has 0 spiro atoms. The number of aromatic nitrogens is 4. The highest BCUT2D eigenvalue weighted by molar-refractivity contribution is 6.08. The number of anilines is 1. The van der Waals surface area contributed by atoms with Crippen molar-refractivity contribution in [2.75, 3.05) is 12.4 Å². The molecule has 5 aromatic rings. The first-order valence-corrected chi connectivity index (χ1v) is 12.0. The number of carbonyl (C=O) groups is 2. The fraction of sp³-hybridized carbons (Fsp3) is 0.143. The van der Waals surface area contributed by atoms with Crippen LogP contribution in [0.15, 0.2) is 82.5 Å². The lowest BCUT2D eigenvalue weighted by atomic mass is 10.0. The summed E-state index contributed by atoms with van der Waals surface area (Å²) >= 11 is 0. The number of rotatable bonds is 8. The van der Waals surface area contributed by atoms with Crippen molar-refractivity contribution in [3.63, 3.8) is 0 Å². The van der Waals surface area contributed by atoms with Crippen LogP contribution in [0.1, 0.15) is 28.4 Å². The van der Waals surface area contributed by atoms with Crippen molar-refractivity contribution in [1.82, 2.24) is 25.2 Å². The fourth-order valence-corrected chi connectivity index (χ4v) is 4.04. The van der Waals surface area contributed by atoms with Crippen molar-refractivity contribution in [2.45, 2.75) is 19.5 Å². The molecule has 1 amide bonds. The van der Waals surface area contributed by atoms with E-state index in [0.29, 0.717) is 33.4 Å². The molecular weight excluding hydrogens is 503 g/mol. The number of hydrogen-bond acceptors (Lipinski definition) is 8. The van der Waals surface area contributed by atoms with Gasteiger partial charge in [-0.15, -0.1) is 0 Å². The summed E-state index contributed by atoms with van der Waals surface area (Å²) in [6, 6.07) is 14.9. The molecule has 5 rings (SSSR count). The largest absolute Gasteiger partial charge is 0.320 e. The third-order valence-corrected chi connectivity index (χ3v) is 6.31. The summed E-state index contributed by atoms with van der Waals surface area (Å²) in [5, 5.41) is 13.2. The Bertz CT molecular complexity index is 1750. The molecule has 0 aliphatic carbocycles. The number of carbonyl (C=O) groups excluding carboxylic acids is 2. The van der Waals surface area contributed by atoms with Gasteiger partial charge in [-0.05, 0) is 84.4 Å². The molecule has 0 saturated heterocycles. The molecule has 0 fully saturated rings. The molecule has 1 atom stereocenters. The Kier molecular flexibility index (Phi) is 7.06. The highest BCUT2D eigenvalue weighted by Crippen LogP contribution is 2.24. The van der Waals surface area contributed by atoms with Gasteiger partial charge in [-0.1, -0.05) is 6.07 Å². The van der Waals surface area contributed by atoms with Crippen LogP contribution in [0.3, 0.4) is 0 Å². The maximum absolute atomic E-state index is 13.7. The first-order valence-electron chi connectivity index (χ1n) is 12.0. The van der Waals surface area contributed by atoms with Gasteiger partial charge in [0.1, 0.15) is 22.5 Å². The van der Waals surface area contributed by atoms with Crippen LogP contribution in [-0.2, 0) is 11.3 Å². The van der Waals surface area contributed by atoms with Gasteiger partial charge >= 0.3 is 0 Å². The lowest BCUT2D eigenvalue weighted by Gasteiger charge is -2.17. The van der Waals surface area contributed by atoms with E-state index in [1.807, 2.05) is 0 Å². The zero-order valence-electron chi connectivity index (χ0n) is 21.0. The summed E-state index contributed by atoms with van der Waals surface area (Å²) in [7, 11) is 1.65. The Morgan fingerprint density at radius 2 is 1.74 bits per heavy atom. The molecule has 0 aliphatic rings. The summed E-state index contributed by atoms with van der Waals surface area (Å²) in [6.07, 6.45) is 2.97.